The van der Waals surface area contributed by atoms with Crippen molar-refractivity contribution in [2.24, 2.45) is 0 Å². The van der Waals surface area contributed by atoms with E-state index in [1.165, 1.54) is 11.6 Å². The highest BCUT2D eigenvalue weighted by molar-refractivity contribution is 9.10. The van der Waals surface area contributed by atoms with Crippen LogP contribution >= 0.6 is 15.9 Å². The first kappa shape index (κ1) is 13.6. The summed E-state index contributed by atoms with van der Waals surface area (Å²) in [5.41, 5.74) is 1.55. The normalized spacial score (nSPS) is 21.4. The summed E-state index contributed by atoms with van der Waals surface area (Å²) in [6, 6.07) is 12.7. The summed E-state index contributed by atoms with van der Waals surface area (Å²) in [6.45, 7) is 0. The van der Waals surface area contributed by atoms with Crippen molar-refractivity contribution < 1.29 is 8.78 Å². The zero-order chi connectivity index (χ0) is 14.1. The maximum atomic E-state index is 13.5. The second-order valence-electron chi connectivity index (χ2n) is 5.16. The van der Waals surface area contributed by atoms with Crippen LogP contribution in [-0.4, -0.2) is 6.04 Å². The second-order valence-corrected chi connectivity index (χ2v) is 6.08. The van der Waals surface area contributed by atoms with Crippen LogP contribution in [0.3, 0.4) is 0 Å². The molecule has 1 nitrogen and oxygen atoms in total. The molecule has 0 heterocycles. The van der Waals surface area contributed by atoms with E-state index in [0.717, 1.165) is 23.4 Å². The fraction of sp³-hybridized carbons (Fsp3) is 0.250. The molecule has 0 unspecified atom stereocenters. The molecule has 1 aliphatic carbocycles. The summed E-state index contributed by atoms with van der Waals surface area (Å²) in [7, 11) is 0. The van der Waals surface area contributed by atoms with Crippen molar-refractivity contribution in [1.82, 2.24) is 0 Å². The van der Waals surface area contributed by atoms with Crippen LogP contribution in [0.4, 0.5) is 14.5 Å². The zero-order valence-electron chi connectivity index (χ0n) is 10.7. The quantitative estimate of drug-likeness (QED) is 0.822. The summed E-state index contributed by atoms with van der Waals surface area (Å²) in [5.74, 6) is -1.10. The lowest BCUT2D eigenvalue weighted by Gasteiger charge is -2.37. The third-order valence-electron chi connectivity index (χ3n) is 3.79. The maximum Gasteiger partial charge on any atom is 0.181 e. The van der Waals surface area contributed by atoms with Gasteiger partial charge in [0.25, 0.3) is 0 Å². The number of rotatable bonds is 3. The highest BCUT2D eigenvalue weighted by Gasteiger charge is 2.30. The molecule has 1 fully saturated rings. The molecule has 1 N–H and O–H groups in total. The molecule has 20 heavy (non-hydrogen) atoms. The van der Waals surface area contributed by atoms with Gasteiger partial charge in [0.1, 0.15) is 0 Å². The van der Waals surface area contributed by atoms with Gasteiger partial charge in [-0.15, -0.1) is 0 Å². The van der Waals surface area contributed by atoms with Gasteiger partial charge >= 0.3 is 0 Å². The molecular formula is C16H14BrF2N. The average molecular weight is 338 g/mol. The van der Waals surface area contributed by atoms with Gasteiger partial charge < -0.3 is 5.32 Å². The lowest BCUT2D eigenvalue weighted by atomic mass is 9.76. The SMILES string of the molecule is Fc1cccc(NC2CC(c3ccc(Br)cc3)C2)c1F. The first-order valence-corrected chi connectivity index (χ1v) is 7.39. The van der Waals surface area contributed by atoms with Crippen molar-refractivity contribution in [2.45, 2.75) is 24.8 Å². The Hall–Kier alpha value is -1.42. The van der Waals surface area contributed by atoms with Crippen LogP contribution in [0, 0.1) is 11.6 Å². The molecule has 104 valence electrons. The molecule has 0 amide bonds. The molecule has 1 saturated carbocycles. The number of benzene rings is 2. The minimum absolute atomic E-state index is 0.208. The van der Waals surface area contributed by atoms with Crippen molar-refractivity contribution in [3.8, 4) is 0 Å². The Morgan fingerprint density at radius 1 is 1.00 bits per heavy atom. The Morgan fingerprint density at radius 3 is 2.40 bits per heavy atom. The Bertz CT molecular complexity index is 606. The topological polar surface area (TPSA) is 12.0 Å². The van der Waals surface area contributed by atoms with Gasteiger partial charge in [0.15, 0.2) is 11.6 Å². The van der Waals surface area contributed by atoms with E-state index >= 15 is 0 Å². The third kappa shape index (κ3) is 2.70. The van der Waals surface area contributed by atoms with Crippen LogP contribution < -0.4 is 5.32 Å². The Morgan fingerprint density at radius 2 is 1.70 bits per heavy atom. The van der Waals surface area contributed by atoms with Crippen molar-refractivity contribution in [2.75, 3.05) is 5.32 Å². The van der Waals surface area contributed by atoms with E-state index in [1.54, 1.807) is 6.07 Å². The first-order chi connectivity index (χ1) is 9.63. The Kier molecular flexibility index (Phi) is 3.74. The van der Waals surface area contributed by atoms with Gasteiger partial charge in [-0.3, -0.25) is 0 Å². The standard InChI is InChI=1S/C16H14BrF2N/c17-12-6-4-10(5-7-12)11-8-13(9-11)20-15-3-1-2-14(18)16(15)19/h1-7,11,13,20H,8-9H2. The molecule has 0 radical (unpaired) electrons. The molecular weight excluding hydrogens is 324 g/mol. The van der Waals surface area contributed by atoms with E-state index in [9.17, 15) is 8.78 Å². The number of halogens is 3. The predicted molar refractivity (Wildman–Crippen MR) is 79.9 cm³/mol. The predicted octanol–water partition coefficient (Wildman–Crippen LogP) is 5.09. The molecule has 1 aliphatic rings. The summed E-state index contributed by atoms with van der Waals surface area (Å²) < 4.78 is 27.7. The molecule has 0 saturated heterocycles. The third-order valence-corrected chi connectivity index (χ3v) is 4.32. The average Bonchev–Trinajstić information content (AvgIpc) is 2.39. The van der Waals surface area contributed by atoms with Gasteiger partial charge in [-0.1, -0.05) is 34.1 Å². The number of hydrogen-bond acceptors (Lipinski definition) is 1. The molecule has 0 bridgehead atoms. The van der Waals surface area contributed by atoms with E-state index in [0.29, 0.717) is 5.92 Å². The van der Waals surface area contributed by atoms with Crippen LogP contribution in [0.1, 0.15) is 24.3 Å². The van der Waals surface area contributed by atoms with Gasteiger partial charge in [0.2, 0.25) is 0 Å². The number of hydrogen-bond donors (Lipinski definition) is 1. The van der Waals surface area contributed by atoms with E-state index in [1.807, 2.05) is 12.1 Å². The van der Waals surface area contributed by atoms with Gasteiger partial charge in [0, 0.05) is 10.5 Å². The fourth-order valence-electron chi connectivity index (χ4n) is 2.58. The van der Waals surface area contributed by atoms with E-state index in [2.05, 4.69) is 33.4 Å². The van der Waals surface area contributed by atoms with Crippen LogP contribution in [0.15, 0.2) is 46.9 Å². The molecule has 0 aliphatic heterocycles. The highest BCUT2D eigenvalue weighted by atomic mass is 79.9. The number of nitrogens with one attached hydrogen (secondary N) is 1. The Balaban J connectivity index is 1.61. The monoisotopic (exact) mass is 337 g/mol. The fourth-order valence-corrected chi connectivity index (χ4v) is 2.84. The smallest absolute Gasteiger partial charge is 0.181 e. The zero-order valence-corrected chi connectivity index (χ0v) is 12.3. The minimum atomic E-state index is -0.807. The summed E-state index contributed by atoms with van der Waals surface area (Å²) in [4.78, 5) is 0. The number of anilines is 1. The van der Waals surface area contributed by atoms with E-state index < -0.39 is 11.6 Å². The van der Waals surface area contributed by atoms with Gasteiger partial charge in [-0.2, -0.15) is 0 Å². The molecule has 4 heteroatoms. The van der Waals surface area contributed by atoms with Crippen LogP contribution in [0.2, 0.25) is 0 Å². The lowest BCUT2D eigenvalue weighted by molar-refractivity contribution is 0.372. The Labute approximate surface area is 125 Å². The molecule has 0 atom stereocenters. The molecule has 3 rings (SSSR count). The van der Waals surface area contributed by atoms with Crippen molar-refractivity contribution in [3.63, 3.8) is 0 Å². The summed E-state index contributed by atoms with van der Waals surface area (Å²) in [6.07, 6.45) is 1.88. The van der Waals surface area contributed by atoms with Crippen molar-refractivity contribution in [3.05, 3.63) is 64.1 Å². The van der Waals surface area contributed by atoms with Gasteiger partial charge in [-0.25, -0.2) is 8.78 Å². The second kappa shape index (κ2) is 5.52. The summed E-state index contributed by atoms with van der Waals surface area (Å²) >= 11 is 3.42. The summed E-state index contributed by atoms with van der Waals surface area (Å²) in [5, 5.41) is 3.07. The highest BCUT2D eigenvalue weighted by Crippen LogP contribution is 2.39. The largest absolute Gasteiger partial charge is 0.380 e. The first-order valence-electron chi connectivity index (χ1n) is 6.59. The molecule has 2 aromatic rings. The molecule has 0 aromatic heterocycles. The molecule has 2 aromatic carbocycles. The van der Waals surface area contributed by atoms with Crippen LogP contribution in [0.25, 0.3) is 0 Å². The van der Waals surface area contributed by atoms with Crippen molar-refractivity contribution in [1.29, 1.82) is 0 Å². The maximum absolute atomic E-state index is 13.5. The minimum Gasteiger partial charge on any atom is -0.380 e. The van der Waals surface area contributed by atoms with Gasteiger partial charge in [-0.05, 0) is 48.6 Å². The van der Waals surface area contributed by atoms with E-state index in [-0.39, 0.29) is 11.7 Å². The van der Waals surface area contributed by atoms with Crippen molar-refractivity contribution >= 4 is 21.6 Å². The van der Waals surface area contributed by atoms with E-state index in [4.69, 9.17) is 0 Å². The van der Waals surface area contributed by atoms with Gasteiger partial charge in [0.05, 0.1) is 5.69 Å². The lowest BCUT2D eigenvalue weighted by Crippen LogP contribution is -2.34. The van der Waals surface area contributed by atoms with Crippen LogP contribution in [-0.2, 0) is 0 Å². The van der Waals surface area contributed by atoms with Crippen LogP contribution in [0.5, 0.6) is 0 Å². The molecule has 0 spiro atoms.